The van der Waals surface area contributed by atoms with Crippen LogP contribution >= 0.6 is 0 Å². The van der Waals surface area contributed by atoms with Gasteiger partial charge in [-0.25, -0.2) is 0 Å². The van der Waals surface area contributed by atoms with E-state index in [0.717, 1.165) is 25.9 Å². The molecule has 0 aliphatic carbocycles. The monoisotopic (exact) mass is 173 g/mol. The Labute approximate surface area is 72.1 Å². The van der Waals surface area contributed by atoms with E-state index in [0.29, 0.717) is 0 Å². The summed E-state index contributed by atoms with van der Waals surface area (Å²) in [5, 5.41) is 10.1. The molecule has 1 N–H and O–H groups in total. The van der Waals surface area contributed by atoms with Gasteiger partial charge >= 0.3 is 0 Å². The Morgan fingerprint density at radius 1 is 1.75 bits per heavy atom. The SMILES string of the molecule is C[NH+]1CCC[C@H](OCC(=O)[O-])C1. The van der Waals surface area contributed by atoms with Crippen molar-refractivity contribution in [3.05, 3.63) is 0 Å². The van der Waals surface area contributed by atoms with Crippen molar-refractivity contribution in [3.8, 4) is 0 Å². The molecule has 0 aromatic carbocycles. The third kappa shape index (κ3) is 3.19. The maximum absolute atomic E-state index is 10.1. The number of likely N-dealkylation sites (tertiary alicyclic amines) is 1. The second-order valence-corrected chi connectivity index (χ2v) is 3.36. The molecule has 0 radical (unpaired) electrons. The second kappa shape index (κ2) is 4.42. The summed E-state index contributed by atoms with van der Waals surface area (Å²) >= 11 is 0. The molecule has 4 nitrogen and oxygen atoms in total. The molecule has 1 aliphatic rings. The molecule has 0 amide bonds. The van der Waals surface area contributed by atoms with Gasteiger partial charge in [-0.15, -0.1) is 0 Å². The van der Waals surface area contributed by atoms with E-state index in [1.807, 2.05) is 0 Å². The highest BCUT2D eigenvalue weighted by atomic mass is 16.5. The summed E-state index contributed by atoms with van der Waals surface area (Å²) in [7, 11) is 2.09. The molecule has 12 heavy (non-hydrogen) atoms. The first kappa shape index (κ1) is 9.48. The van der Waals surface area contributed by atoms with Gasteiger partial charge in [0.1, 0.15) is 12.6 Å². The zero-order valence-corrected chi connectivity index (χ0v) is 7.34. The molecule has 0 aromatic heterocycles. The summed E-state index contributed by atoms with van der Waals surface area (Å²) in [4.78, 5) is 11.5. The highest BCUT2D eigenvalue weighted by Crippen LogP contribution is 2.02. The minimum atomic E-state index is -1.13. The second-order valence-electron chi connectivity index (χ2n) is 3.36. The summed E-state index contributed by atoms with van der Waals surface area (Å²) in [6, 6.07) is 0. The molecule has 0 spiro atoms. The molecule has 0 bridgehead atoms. The van der Waals surface area contributed by atoms with E-state index < -0.39 is 5.97 Å². The number of ether oxygens (including phenoxy) is 1. The van der Waals surface area contributed by atoms with Crippen LogP contribution in [0.4, 0.5) is 0 Å². The molecule has 0 aromatic rings. The molecule has 1 saturated heterocycles. The van der Waals surface area contributed by atoms with E-state index in [-0.39, 0.29) is 12.7 Å². The van der Waals surface area contributed by atoms with E-state index in [1.165, 1.54) is 4.90 Å². The molecule has 1 aliphatic heterocycles. The zero-order chi connectivity index (χ0) is 8.97. The quantitative estimate of drug-likeness (QED) is 0.510. The summed E-state index contributed by atoms with van der Waals surface area (Å²) < 4.78 is 5.13. The third-order valence-corrected chi connectivity index (χ3v) is 2.14. The van der Waals surface area contributed by atoms with Crippen LogP contribution in [-0.2, 0) is 9.53 Å². The summed E-state index contributed by atoms with van der Waals surface area (Å²) in [6.45, 7) is 1.80. The number of carbonyl (C=O) groups excluding carboxylic acids is 1. The lowest BCUT2D eigenvalue weighted by Gasteiger charge is -2.26. The number of nitrogens with one attached hydrogen (secondary N) is 1. The highest BCUT2D eigenvalue weighted by molar-refractivity contribution is 5.65. The lowest BCUT2D eigenvalue weighted by molar-refractivity contribution is -0.888. The van der Waals surface area contributed by atoms with E-state index in [9.17, 15) is 9.90 Å². The molecule has 4 heteroatoms. The standard InChI is InChI=1S/C8H15NO3/c1-9-4-2-3-7(5-9)12-6-8(10)11/h7H,2-6H2,1H3,(H,10,11)/t7-/m0/s1. The molecular weight excluding hydrogens is 158 g/mol. The van der Waals surface area contributed by atoms with Crippen molar-refractivity contribution in [2.75, 3.05) is 26.7 Å². The average molecular weight is 173 g/mol. The van der Waals surface area contributed by atoms with Gasteiger partial charge in [-0.2, -0.15) is 0 Å². The molecule has 0 saturated carbocycles. The molecule has 1 fully saturated rings. The number of hydrogen-bond donors (Lipinski definition) is 1. The van der Waals surface area contributed by atoms with Gasteiger partial charge in [0.15, 0.2) is 0 Å². The lowest BCUT2D eigenvalue weighted by Crippen LogP contribution is -3.11. The fraction of sp³-hybridized carbons (Fsp3) is 0.875. The van der Waals surface area contributed by atoms with Crippen LogP contribution in [0.2, 0.25) is 0 Å². The Balaban J connectivity index is 2.18. The van der Waals surface area contributed by atoms with E-state index in [2.05, 4.69) is 7.05 Å². The van der Waals surface area contributed by atoms with Crippen LogP contribution in [0, 0.1) is 0 Å². The largest absolute Gasteiger partial charge is 0.548 e. The van der Waals surface area contributed by atoms with Crippen molar-refractivity contribution in [2.24, 2.45) is 0 Å². The number of carboxylic acid groups (broad SMARTS) is 1. The Morgan fingerprint density at radius 2 is 2.50 bits per heavy atom. The van der Waals surface area contributed by atoms with Crippen LogP contribution < -0.4 is 10.0 Å². The first-order chi connectivity index (χ1) is 5.68. The number of rotatable bonds is 3. The number of aliphatic carboxylic acids is 1. The van der Waals surface area contributed by atoms with Crippen LogP contribution in [-0.4, -0.2) is 38.8 Å². The van der Waals surface area contributed by atoms with Crippen molar-refractivity contribution in [1.29, 1.82) is 0 Å². The van der Waals surface area contributed by atoms with Gasteiger partial charge in [0, 0.05) is 0 Å². The van der Waals surface area contributed by atoms with Gasteiger partial charge in [-0.05, 0) is 12.8 Å². The van der Waals surface area contributed by atoms with Gasteiger partial charge in [0.05, 0.1) is 26.2 Å². The average Bonchev–Trinajstić information content (AvgIpc) is 2.01. The molecule has 2 atom stereocenters. The van der Waals surface area contributed by atoms with Crippen molar-refractivity contribution in [3.63, 3.8) is 0 Å². The molecule has 1 rings (SSSR count). The van der Waals surface area contributed by atoms with Crippen LogP contribution in [0.15, 0.2) is 0 Å². The maximum Gasteiger partial charge on any atom is 0.107 e. The van der Waals surface area contributed by atoms with Gasteiger partial charge in [-0.1, -0.05) is 0 Å². The van der Waals surface area contributed by atoms with Crippen molar-refractivity contribution >= 4 is 5.97 Å². The Hall–Kier alpha value is -0.610. The minimum absolute atomic E-state index is 0.108. The highest BCUT2D eigenvalue weighted by Gasteiger charge is 2.20. The topological polar surface area (TPSA) is 53.8 Å². The predicted octanol–water partition coefficient (Wildman–Crippen LogP) is -2.57. The lowest BCUT2D eigenvalue weighted by atomic mass is 10.1. The minimum Gasteiger partial charge on any atom is -0.548 e. The summed E-state index contributed by atoms with van der Waals surface area (Å²) in [5.41, 5.74) is 0. The summed E-state index contributed by atoms with van der Waals surface area (Å²) in [5.74, 6) is -1.13. The number of hydrogen-bond acceptors (Lipinski definition) is 3. The van der Waals surface area contributed by atoms with Crippen molar-refractivity contribution in [2.45, 2.75) is 18.9 Å². The number of likely N-dealkylation sites (N-methyl/N-ethyl adjacent to an activating group) is 1. The normalized spacial score (nSPS) is 30.1. The van der Waals surface area contributed by atoms with Crippen LogP contribution in [0.5, 0.6) is 0 Å². The van der Waals surface area contributed by atoms with E-state index >= 15 is 0 Å². The number of carbonyl (C=O) groups is 1. The number of quaternary nitrogens is 1. The number of carboxylic acids is 1. The molecule has 1 heterocycles. The number of piperidine rings is 1. The van der Waals surface area contributed by atoms with E-state index in [4.69, 9.17) is 4.74 Å². The molecule has 70 valence electrons. The Kier molecular flexibility index (Phi) is 3.49. The Morgan fingerprint density at radius 3 is 3.08 bits per heavy atom. The zero-order valence-electron chi connectivity index (χ0n) is 7.34. The first-order valence-corrected chi connectivity index (χ1v) is 4.31. The van der Waals surface area contributed by atoms with Crippen LogP contribution in [0.3, 0.4) is 0 Å². The van der Waals surface area contributed by atoms with Crippen molar-refractivity contribution in [1.82, 2.24) is 0 Å². The van der Waals surface area contributed by atoms with Crippen LogP contribution in [0.1, 0.15) is 12.8 Å². The van der Waals surface area contributed by atoms with Crippen LogP contribution in [0.25, 0.3) is 0 Å². The first-order valence-electron chi connectivity index (χ1n) is 4.31. The smallest absolute Gasteiger partial charge is 0.107 e. The molecule has 1 unspecified atom stereocenters. The van der Waals surface area contributed by atoms with Gasteiger partial charge in [0.25, 0.3) is 0 Å². The summed E-state index contributed by atoms with van der Waals surface area (Å²) in [6.07, 6.45) is 2.20. The van der Waals surface area contributed by atoms with Gasteiger partial charge in [-0.3, -0.25) is 0 Å². The van der Waals surface area contributed by atoms with Crippen molar-refractivity contribution < 1.29 is 19.5 Å². The molecular formula is C8H15NO3. The van der Waals surface area contributed by atoms with Gasteiger partial charge in [0.2, 0.25) is 0 Å². The third-order valence-electron chi connectivity index (χ3n) is 2.14. The maximum atomic E-state index is 10.1. The predicted molar refractivity (Wildman–Crippen MR) is 40.6 cm³/mol. The Bertz CT molecular complexity index is 160. The van der Waals surface area contributed by atoms with Gasteiger partial charge < -0.3 is 19.5 Å². The van der Waals surface area contributed by atoms with E-state index in [1.54, 1.807) is 0 Å². The fourth-order valence-electron chi connectivity index (χ4n) is 1.55. The fourth-order valence-corrected chi connectivity index (χ4v) is 1.55.